The Morgan fingerprint density at radius 3 is 2.15 bits per heavy atom. The number of anilines is 1. The van der Waals surface area contributed by atoms with Gasteiger partial charge in [0.15, 0.2) is 5.13 Å². The van der Waals surface area contributed by atoms with E-state index in [1.54, 1.807) is 45.0 Å². The molecule has 3 rings (SSSR count). The number of hydrogen-bond donors (Lipinski definition) is 2. The van der Waals surface area contributed by atoms with E-state index in [1.165, 1.54) is 11.3 Å². The molecular formula is C29H35N3O6S. The fraction of sp³-hybridized carbons (Fsp3) is 0.379. The highest BCUT2D eigenvalue weighted by atomic mass is 32.1. The summed E-state index contributed by atoms with van der Waals surface area (Å²) >= 11 is 1.28. The third-order valence-electron chi connectivity index (χ3n) is 4.95. The maximum absolute atomic E-state index is 13.1. The lowest BCUT2D eigenvalue weighted by Crippen LogP contribution is -2.48. The fourth-order valence-corrected chi connectivity index (χ4v) is 3.99. The summed E-state index contributed by atoms with van der Waals surface area (Å²) < 4.78 is 16.5. The molecule has 0 aliphatic carbocycles. The lowest BCUT2D eigenvalue weighted by molar-refractivity contribution is -0.119. The molecule has 3 aromatic rings. The van der Waals surface area contributed by atoms with E-state index in [-0.39, 0.29) is 13.2 Å². The van der Waals surface area contributed by atoms with Crippen molar-refractivity contribution in [1.29, 1.82) is 0 Å². The zero-order valence-corrected chi connectivity index (χ0v) is 23.9. The van der Waals surface area contributed by atoms with Crippen LogP contribution in [0.1, 0.15) is 57.5 Å². The van der Waals surface area contributed by atoms with Gasteiger partial charge in [0.25, 0.3) is 5.91 Å². The van der Waals surface area contributed by atoms with E-state index in [2.05, 4.69) is 15.6 Å². The minimum Gasteiger partial charge on any atom is -0.456 e. The van der Waals surface area contributed by atoms with Crippen LogP contribution < -0.4 is 10.6 Å². The third-order valence-corrected chi connectivity index (χ3v) is 5.71. The SMILES string of the molecule is CC(C)(C)OC(=O)NC(COCc1ccc(C(=O)OC(C)(C)C)cc1)C(=O)Nc1nc(-c2ccccc2)cs1. The molecule has 1 atom stereocenters. The number of esters is 1. The Morgan fingerprint density at radius 1 is 0.897 bits per heavy atom. The highest BCUT2D eigenvalue weighted by Crippen LogP contribution is 2.24. The molecule has 0 bridgehead atoms. The maximum atomic E-state index is 13.1. The quantitative estimate of drug-likeness (QED) is 0.321. The molecule has 0 saturated heterocycles. The zero-order chi connectivity index (χ0) is 28.6. The van der Waals surface area contributed by atoms with E-state index >= 15 is 0 Å². The number of aromatic nitrogens is 1. The second-order valence-electron chi connectivity index (χ2n) is 10.8. The van der Waals surface area contributed by atoms with Crippen LogP contribution in [0.15, 0.2) is 60.0 Å². The van der Waals surface area contributed by atoms with Crippen molar-refractivity contribution in [2.24, 2.45) is 0 Å². The summed E-state index contributed by atoms with van der Waals surface area (Å²) in [6.07, 6.45) is -0.739. The van der Waals surface area contributed by atoms with Gasteiger partial charge in [-0.2, -0.15) is 0 Å². The van der Waals surface area contributed by atoms with Gasteiger partial charge >= 0.3 is 12.1 Å². The van der Waals surface area contributed by atoms with Gasteiger partial charge in [-0.25, -0.2) is 14.6 Å². The smallest absolute Gasteiger partial charge is 0.408 e. The van der Waals surface area contributed by atoms with Crippen LogP contribution in [0.25, 0.3) is 11.3 Å². The number of rotatable bonds is 9. The summed E-state index contributed by atoms with van der Waals surface area (Å²) in [5.74, 6) is -0.902. The van der Waals surface area contributed by atoms with Crippen LogP contribution in [-0.4, -0.2) is 46.8 Å². The van der Waals surface area contributed by atoms with Gasteiger partial charge < -0.3 is 24.8 Å². The largest absolute Gasteiger partial charge is 0.456 e. The molecule has 0 radical (unpaired) electrons. The molecule has 9 nitrogen and oxygen atoms in total. The van der Waals surface area contributed by atoms with Crippen molar-refractivity contribution in [3.8, 4) is 11.3 Å². The van der Waals surface area contributed by atoms with Gasteiger partial charge in [0.05, 0.1) is 24.5 Å². The molecule has 208 valence electrons. The Morgan fingerprint density at radius 2 is 1.54 bits per heavy atom. The number of ether oxygens (including phenoxy) is 3. The lowest BCUT2D eigenvalue weighted by atomic mass is 10.1. The summed E-state index contributed by atoms with van der Waals surface area (Å²) in [4.78, 5) is 42.2. The molecule has 2 aromatic carbocycles. The van der Waals surface area contributed by atoms with Crippen LogP contribution in [0.2, 0.25) is 0 Å². The van der Waals surface area contributed by atoms with Gasteiger partial charge in [0.2, 0.25) is 0 Å². The predicted molar refractivity (Wildman–Crippen MR) is 151 cm³/mol. The van der Waals surface area contributed by atoms with E-state index in [4.69, 9.17) is 14.2 Å². The van der Waals surface area contributed by atoms with Crippen LogP contribution in [0.3, 0.4) is 0 Å². The molecule has 0 aliphatic heterocycles. The molecular weight excluding hydrogens is 518 g/mol. The number of alkyl carbamates (subject to hydrolysis) is 1. The molecule has 0 aliphatic rings. The standard InChI is InChI=1S/C29H35N3O6S/c1-28(2,3)37-25(34)21-14-12-19(13-15-21)16-36-17-22(31-27(35)38-29(4,5)6)24(33)32-26-30-23(18-39-26)20-10-8-7-9-11-20/h7-15,18,22H,16-17H2,1-6H3,(H,31,35)(H,30,32,33). The zero-order valence-electron chi connectivity index (χ0n) is 23.1. The molecule has 1 heterocycles. The van der Waals surface area contributed by atoms with Crippen molar-refractivity contribution in [2.75, 3.05) is 11.9 Å². The molecule has 2 N–H and O–H groups in total. The average molecular weight is 554 g/mol. The maximum Gasteiger partial charge on any atom is 0.408 e. The minimum absolute atomic E-state index is 0.115. The highest BCUT2D eigenvalue weighted by molar-refractivity contribution is 7.14. The van der Waals surface area contributed by atoms with Crippen molar-refractivity contribution in [1.82, 2.24) is 10.3 Å². The number of nitrogens with one attached hydrogen (secondary N) is 2. The van der Waals surface area contributed by atoms with E-state index in [1.807, 2.05) is 56.5 Å². The summed E-state index contributed by atoms with van der Waals surface area (Å²) in [6.45, 7) is 10.7. The average Bonchev–Trinajstić information content (AvgIpc) is 3.30. The Bertz CT molecular complexity index is 1260. The Labute approximate surface area is 232 Å². The van der Waals surface area contributed by atoms with Gasteiger partial charge in [-0.15, -0.1) is 11.3 Å². The molecule has 10 heteroatoms. The Balaban J connectivity index is 1.63. The lowest BCUT2D eigenvalue weighted by Gasteiger charge is -2.23. The number of hydrogen-bond acceptors (Lipinski definition) is 8. The molecule has 1 aromatic heterocycles. The number of carbonyl (C=O) groups is 3. The topological polar surface area (TPSA) is 116 Å². The number of carbonyl (C=O) groups excluding carboxylic acids is 3. The van der Waals surface area contributed by atoms with Crippen molar-refractivity contribution in [3.63, 3.8) is 0 Å². The van der Waals surface area contributed by atoms with Crippen LogP contribution in [-0.2, 0) is 25.6 Å². The van der Waals surface area contributed by atoms with Gasteiger partial charge in [-0.3, -0.25) is 4.79 Å². The predicted octanol–water partition coefficient (Wildman–Crippen LogP) is 5.81. The molecule has 0 saturated carbocycles. The number of nitrogens with zero attached hydrogens (tertiary/aromatic N) is 1. The van der Waals surface area contributed by atoms with Crippen molar-refractivity contribution < 1.29 is 28.6 Å². The van der Waals surface area contributed by atoms with Crippen molar-refractivity contribution in [3.05, 3.63) is 71.1 Å². The first-order chi connectivity index (χ1) is 18.3. The van der Waals surface area contributed by atoms with Crippen LogP contribution >= 0.6 is 11.3 Å². The Kier molecular flexibility index (Phi) is 9.82. The van der Waals surface area contributed by atoms with Crippen molar-refractivity contribution >= 4 is 34.4 Å². The number of thiazole rings is 1. The van der Waals surface area contributed by atoms with Crippen molar-refractivity contribution in [2.45, 2.75) is 65.4 Å². The highest BCUT2D eigenvalue weighted by Gasteiger charge is 2.26. The number of amides is 2. The van der Waals surface area contributed by atoms with Gasteiger partial charge in [-0.05, 0) is 59.2 Å². The summed E-state index contributed by atoms with van der Waals surface area (Å²) in [7, 11) is 0. The van der Waals surface area contributed by atoms with Crippen LogP contribution in [0, 0.1) is 0 Å². The molecule has 0 fully saturated rings. The molecule has 1 unspecified atom stereocenters. The second-order valence-corrected chi connectivity index (χ2v) is 11.7. The molecule has 39 heavy (non-hydrogen) atoms. The molecule has 2 amide bonds. The Hall–Kier alpha value is -3.76. The summed E-state index contributed by atoms with van der Waals surface area (Å²) in [5, 5.41) is 7.58. The van der Waals surface area contributed by atoms with E-state index in [0.717, 1.165) is 16.8 Å². The monoisotopic (exact) mass is 553 g/mol. The normalized spacial score (nSPS) is 12.4. The van der Waals surface area contributed by atoms with Gasteiger partial charge in [0.1, 0.15) is 17.2 Å². The van der Waals surface area contributed by atoms with E-state index < -0.39 is 35.2 Å². The first-order valence-electron chi connectivity index (χ1n) is 12.5. The minimum atomic E-state index is -1.04. The third kappa shape index (κ3) is 10.1. The van der Waals surface area contributed by atoms with Gasteiger partial charge in [-0.1, -0.05) is 42.5 Å². The van der Waals surface area contributed by atoms with Crippen LogP contribution in [0.4, 0.5) is 9.93 Å². The first-order valence-corrected chi connectivity index (χ1v) is 13.4. The van der Waals surface area contributed by atoms with E-state index in [9.17, 15) is 14.4 Å². The fourth-order valence-electron chi connectivity index (χ4n) is 3.27. The van der Waals surface area contributed by atoms with Crippen LogP contribution in [0.5, 0.6) is 0 Å². The summed E-state index contributed by atoms with van der Waals surface area (Å²) in [6, 6.07) is 15.4. The first kappa shape index (κ1) is 29.8. The number of benzene rings is 2. The summed E-state index contributed by atoms with van der Waals surface area (Å²) in [5.41, 5.74) is 1.55. The second kappa shape index (κ2) is 12.9. The molecule has 0 spiro atoms. The van der Waals surface area contributed by atoms with Gasteiger partial charge in [0, 0.05) is 10.9 Å². The van der Waals surface area contributed by atoms with E-state index in [0.29, 0.717) is 10.7 Å².